The third kappa shape index (κ3) is 6.39. The highest BCUT2D eigenvalue weighted by Gasteiger charge is 2.37. The van der Waals surface area contributed by atoms with Crippen LogP contribution in [0.25, 0.3) is 0 Å². The summed E-state index contributed by atoms with van der Waals surface area (Å²) in [6.45, 7) is 2.86. The molecule has 7 nitrogen and oxygen atoms in total. The fourth-order valence-electron chi connectivity index (χ4n) is 3.10. The highest BCUT2D eigenvalue weighted by atomic mass is 19.4. The maximum Gasteiger partial charge on any atom is 0.435 e. The predicted octanol–water partition coefficient (Wildman–Crippen LogP) is 2.03. The molecule has 0 bridgehead atoms. The largest absolute Gasteiger partial charge is 0.435 e. The number of aliphatic imine (C=N–C) groups is 1. The molecule has 0 radical (unpaired) electrons. The molecule has 154 valence electrons. The molecule has 1 saturated heterocycles. The lowest BCUT2D eigenvalue weighted by molar-refractivity contribution is -0.142. The van der Waals surface area contributed by atoms with Crippen molar-refractivity contribution in [3.05, 3.63) is 17.5 Å². The normalized spacial score (nSPS) is 16.8. The molecule has 1 N–H and O–H groups in total. The lowest BCUT2D eigenvalue weighted by Crippen LogP contribution is -2.46. The number of likely N-dealkylation sites (tertiary alicyclic amines) is 1. The van der Waals surface area contributed by atoms with Gasteiger partial charge in [-0.1, -0.05) is 0 Å². The number of rotatable bonds is 7. The number of guanidine groups is 1. The minimum Gasteiger partial charge on any atom is -0.385 e. The minimum absolute atomic E-state index is 0.0167. The quantitative estimate of drug-likeness (QED) is 0.438. The van der Waals surface area contributed by atoms with Crippen LogP contribution in [0.15, 0.2) is 11.2 Å². The van der Waals surface area contributed by atoms with E-state index >= 15 is 0 Å². The van der Waals surface area contributed by atoms with Crippen LogP contribution in [0.5, 0.6) is 0 Å². The van der Waals surface area contributed by atoms with Crippen molar-refractivity contribution in [2.24, 2.45) is 12.0 Å². The van der Waals surface area contributed by atoms with Gasteiger partial charge in [-0.3, -0.25) is 9.67 Å². The molecule has 1 aromatic heterocycles. The van der Waals surface area contributed by atoms with Gasteiger partial charge in [-0.15, -0.1) is 0 Å². The number of nitrogens with zero attached hydrogens (tertiary/aromatic N) is 4. The van der Waals surface area contributed by atoms with E-state index < -0.39 is 11.9 Å². The van der Waals surface area contributed by atoms with Gasteiger partial charge in [0.25, 0.3) is 0 Å². The molecule has 1 fully saturated rings. The molecule has 0 aliphatic carbocycles. The Balaban J connectivity index is 1.84. The molecule has 2 heterocycles. The number of methoxy groups -OCH3 is 1. The highest BCUT2D eigenvalue weighted by Crippen LogP contribution is 2.30. The Kier molecular flexibility index (Phi) is 7.91. The monoisotopic (exact) mass is 391 g/mol. The van der Waals surface area contributed by atoms with Crippen LogP contribution in [0.3, 0.4) is 0 Å². The Morgan fingerprint density at radius 3 is 2.63 bits per heavy atom. The first-order valence-corrected chi connectivity index (χ1v) is 9.01. The van der Waals surface area contributed by atoms with Crippen LogP contribution in [0.4, 0.5) is 13.2 Å². The maximum absolute atomic E-state index is 13.0. The molecule has 1 aromatic rings. The van der Waals surface area contributed by atoms with E-state index in [0.29, 0.717) is 19.2 Å². The molecule has 0 aromatic carbocycles. The highest BCUT2D eigenvalue weighted by molar-refractivity contribution is 5.80. The summed E-state index contributed by atoms with van der Waals surface area (Å²) >= 11 is 0. The van der Waals surface area contributed by atoms with Gasteiger partial charge in [-0.25, -0.2) is 0 Å². The molecule has 0 unspecified atom stereocenters. The molecular formula is C17H28F3N5O2. The van der Waals surface area contributed by atoms with Crippen LogP contribution >= 0.6 is 0 Å². The molecule has 0 saturated carbocycles. The fraction of sp³-hybridized carbons (Fsp3) is 0.765. The predicted molar refractivity (Wildman–Crippen MR) is 95.4 cm³/mol. The molecule has 1 aliphatic heterocycles. The summed E-state index contributed by atoms with van der Waals surface area (Å²) < 4.78 is 51.2. The zero-order chi connectivity index (χ0) is 19.9. The zero-order valence-corrected chi connectivity index (χ0v) is 16.1. The molecular weight excluding hydrogens is 363 g/mol. The van der Waals surface area contributed by atoms with Gasteiger partial charge in [-0.05, 0) is 19.3 Å². The maximum atomic E-state index is 13.0. The second-order valence-electron chi connectivity index (χ2n) is 6.48. The number of aryl methyl sites for hydroxylation is 1. The average Bonchev–Trinajstić information content (AvgIpc) is 3.01. The summed E-state index contributed by atoms with van der Waals surface area (Å²) in [6.07, 6.45) is -0.315. The van der Waals surface area contributed by atoms with Crippen LogP contribution in [-0.2, 0) is 29.2 Å². The number of aromatic nitrogens is 2. The van der Waals surface area contributed by atoms with Crippen molar-refractivity contribution in [3.63, 3.8) is 0 Å². The zero-order valence-electron chi connectivity index (χ0n) is 16.1. The summed E-state index contributed by atoms with van der Waals surface area (Å²) in [5, 5.41) is 6.54. The Morgan fingerprint density at radius 1 is 1.33 bits per heavy atom. The number of hydrogen-bond acceptors (Lipinski definition) is 4. The molecule has 27 heavy (non-hydrogen) atoms. The lowest BCUT2D eigenvalue weighted by atomic mass is 10.1. The van der Waals surface area contributed by atoms with E-state index in [1.807, 2.05) is 4.90 Å². The van der Waals surface area contributed by atoms with Crippen LogP contribution in [-0.4, -0.2) is 67.2 Å². The van der Waals surface area contributed by atoms with Gasteiger partial charge >= 0.3 is 6.18 Å². The molecule has 1 aliphatic rings. The van der Waals surface area contributed by atoms with Crippen molar-refractivity contribution < 1.29 is 22.6 Å². The van der Waals surface area contributed by atoms with Gasteiger partial charge in [0.05, 0.1) is 6.10 Å². The summed E-state index contributed by atoms with van der Waals surface area (Å²) in [5.41, 5.74) is -0.765. The van der Waals surface area contributed by atoms with E-state index in [1.165, 1.54) is 17.9 Å². The summed E-state index contributed by atoms with van der Waals surface area (Å²) in [4.78, 5) is 6.24. The number of piperidine rings is 1. The van der Waals surface area contributed by atoms with E-state index in [0.717, 1.165) is 32.4 Å². The topological polar surface area (TPSA) is 63.9 Å². The number of nitrogens with one attached hydrogen (secondary N) is 1. The summed E-state index contributed by atoms with van der Waals surface area (Å²) in [6, 6.07) is 0. The van der Waals surface area contributed by atoms with Gasteiger partial charge in [-0.2, -0.15) is 18.3 Å². The van der Waals surface area contributed by atoms with Crippen LogP contribution in [0.2, 0.25) is 0 Å². The molecule has 0 spiro atoms. The van der Waals surface area contributed by atoms with Gasteiger partial charge in [0, 0.05) is 65.8 Å². The number of alkyl halides is 3. The van der Waals surface area contributed by atoms with Crippen molar-refractivity contribution in [2.45, 2.75) is 38.1 Å². The second-order valence-corrected chi connectivity index (χ2v) is 6.48. The molecule has 0 amide bonds. The van der Waals surface area contributed by atoms with Gasteiger partial charge in [0.2, 0.25) is 0 Å². The fourth-order valence-corrected chi connectivity index (χ4v) is 3.10. The third-order valence-electron chi connectivity index (χ3n) is 4.41. The third-order valence-corrected chi connectivity index (χ3v) is 4.41. The average molecular weight is 391 g/mol. The van der Waals surface area contributed by atoms with Crippen molar-refractivity contribution in [3.8, 4) is 0 Å². The standard InChI is InChI=1S/C17H28F3N5O2/c1-21-16(22-11-13-12-24(2)23-15(13)17(18,19)20)25-7-5-14(6-8-25)27-10-4-9-26-3/h12,14H,4-11H2,1-3H3,(H,21,22). The summed E-state index contributed by atoms with van der Waals surface area (Å²) in [5.74, 6) is 0.588. The van der Waals surface area contributed by atoms with Crippen molar-refractivity contribution in [2.75, 3.05) is 40.5 Å². The molecule has 2 rings (SSSR count). The Hall–Kier alpha value is -1.81. The number of halogens is 3. The van der Waals surface area contributed by atoms with E-state index in [1.54, 1.807) is 14.2 Å². The number of ether oxygens (including phenoxy) is 2. The van der Waals surface area contributed by atoms with Crippen LogP contribution < -0.4 is 5.32 Å². The van der Waals surface area contributed by atoms with E-state index in [4.69, 9.17) is 9.47 Å². The van der Waals surface area contributed by atoms with Gasteiger partial charge in [0.1, 0.15) is 0 Å². The van der Waals surface area contributed by atoms with Gasteiger partial charge < -0.3 is 19.7 Å². The first-order chi connectivity index (χ1) is 12.8. The first kappa shape index (κ1) is 21.5. The van der Waals surface area contributed by atoms with Crippen LogP contribution in [0, 0.1) is 0 Å². The van der Waals surface area contributed by atoms with Crippen molar-refractivity contribution in [1.29, 1.82) is 0 Å². The second kappa shape index (κ2) is 9.93. The first-order valence-electron chi connectivity index (χ1n) is 9.01. The van der Waals surface area contributed by atoms with Crippen molar-refractivity contribution in [1.82, 2.24) is 20.0 Å². The Labute approximate surface area is 157 Å². The SMILES string of the molecule is CN=C(NCc1cn(C)nc1C(F)(F)F)N1CCC(OCCCOC)CC1. The van der Waals surface area contributed by atoms with Gasteiger partial charge in [0.15, 0.2) is 11.7 Å². The number of hydrogen-bond donors (Lipinski definition) is 1. The van der Waals surface area contributed by atoms with E-state index in [9.17, 15) is 13.2 Å². The van der Waals surface area contributed by atoms with E-state index in [2.05, 4.69) is 15.4 Å². The Bertz CT molecular complexity index is 610. The smallest absolute Gasteiger partial charge is 0.385 e. The Morgan fingerprint density at radius 2 is 2.04 bits per heavy atom. The molecule has 0 atom stereocenters. The van der Waals surface area contributed by atoms with Crippen molar-refractivity contribution >= 4 is 5.96 Å². The molecule has 10 heteroatoms. The minimum atomic E-state index is -4.47. The summed E-state index contributed by atoms with van der Waals surface area (Å²) in [7, 11) is 4.77. The van der Waals surface area contributed by atoms with Crippen LogP contribution in [0.1, 0.15) is 30.5 Å². The lowest BCUT2D eigenvalue weighted by Gasteiger charge is -2.34. The van der Waals surface area contributed by atoms with E-state index in [-0.39, 0.29) is 18.2 Å².